The molecule has 1 aliphatic rings. The van der Waals surface area contributed by atoms with Gasteiger partial charge in [-0.3, -0.25) is 4.79 Å². The molecular formula is C15H18N4O2. The van der Waals surface area contributed by atoms with Crippen LogP contribution in [0.25, 0.3) is 5.82 Å². The number of aliphatic hydroxyl groups is 1. The van der Waals surface area contributed by atoms with E-state index in [9.17, 15) is 9.90 Å². The molecular weight excluding hydrogens is 268 g/mol. The molecule has 2 aromatic rings. The summed E-state index contributed by atoms with van der Waals surface area (Å²) in [5.74, 6) is 0.659. The van der Waals surface area contributed by atoms with Crippen LogP contribution in [0.1, 0.15) is 29.6 Å². The minimum atomic E-state index is -0.289. The van der Waals surface area contributed by atoms with Crippen LogP contribution in [0.15, 0.2) is 36.8 Å². The molecule has 6 heteroatoms. The molecule has 0 radical (unpaired) electrons. The minimum absolute atomic E-state index is 0.0244. The Balaban J connectivity index is 1.73. The highest BCUT2D eigenvalue weighted by molar-refractivity contribution is 5.94. The predicted molar refractivity (Wildman–Crippen MR) is 77.1 cm³/mol. The summed E-state index contributed by atoms with van der Waals surface area (Å²) in [4.78, 5) is 18.5. The van der Waals surface area contributed by atoms with Gasteiger partial charge in [0.15, 0.2) is 5.82 Å². The Morgan fingerprint density at radius 2 is 2.19 bits per heavy atom. The zero-order valence-corrected chi connectivity index (χ0v) is 11.7. The van der Waals surface area contributed by atoms with E-state index in [-0.39, 0.29) is 12.0 Å². The molecule has 0 bridgehead atoms. The summed E-state index contributed by atoms with van der Waals surface area (Å²) in [5, 5.41) is 13.7. The van der Waals surface area contributed by atoms with E-state index >= 15 is 0 Å². The highest BCUT2D eigenvalue weighted by Gasteiger charge is 2.20. The van der Waals surface area contributed by atoms with Crippen molar-refractivity contribution < 1.29 is 9.90 Å². The summed E-state index contributed by atoms with van der Waals surface area (Å²) in [6.45, 7) is 1.29. The van der Waals surface area contributed by atoms with Crippen LogP contribution in [0.2, 0.25) is 0 Å². The van der Waals surface area contributed by atoms with Crippen molar-refractivity contribution >= 4 is 5.91 Å². The number of carbonyl (C=O) groups is 1. The second-order valence-electron chi connectivity index (χ2n) is 5.23. The van der Waals surface area contributed by atoms with Gasteiger partial charge in [-0.1, -0.05) is 0 Å². The lowest BCUT2D eigenvalue weighted by atomic mass is 10.2. The van der Waals surface area contributed by atoms with E-state index in [4.69, 9.17) is 0 Å². The molecule has 6 nitrogen and oxygen atoms in total. The van der Waals surface area contributed by atoms with Gasteiger partial charge in [-0.25, -0.2) is 9.67 Å². The summed E-state index contributed by atoms with van der Waals surface area (Å²) in [5.41, 5.74) is 0.572. The highest BCUT2D eigenvalue weighted by atomic mass is 16.3. The van der Waals surface area contributed by atoms with Gasteiger partial charge in [-0.05, 0) is 37.5 Å². The van der Waals surface area contributed by atoms with Crippen molar-refractivity contribution in [2.24, 2.45) is 0 Å². The van der Waals surface area contributed by atoms with Crippen molar-refractivity contribution in [3.05, 3.63) is 42.4 Å². The monoisotopic (exact) mass is 286 g/mol. The van der Waals surface area contributed by atoms with Crippen molar-refractivity contribution in [1.29, 1.82) is 0 Å². The third kappa shape index (κ3) is 3.11. The maximum atomic E-state index is 12.4. The van der Waals surface area contributed by atoms with Crippen LogP contribution in [0.4, 0.5) is 0 Å². The Morgan fingerprint density at radius 1 is 1.29 bits per heavy atom. The molecule has 3 heterocycles. The Kier molecular flexibility index (Phi) is 3.96. The number of nitrogens with zero attached hydrogens (tertiary/aromatic N) is 4. The quantitative estimate of drug-likeness (QED) is 0.902. The summed E-state index contributed by atoms with van der Waals surface area (Å²) in [6, 6.07) is 5.38. The highest BCUT2D eigenvalue weighted by Crippen LogP contribution is 2.14. The van der Waals surface area contributed by atoms with E-state index < -0.39 is 0 Å². The first-order chi connectivity index (χ1) is 10.2. The van der Waals surface area contributed by atoms with Gasteiger partial charge in [0.1, 0.15) is 0 Å². The summed E-state index contributed by atoms with van der Waals surface area (Å²) in [6.07, 6.45) is 7.03. The molecule has 0 aliphatic carbocycles. The largest absolute Gasteiger partial charge is 0.393 e. The lowest BCUT2D eigenvalue weighted by Crippen LogP contribution is -2.32. The molecule has 0 saturated carbocycles. The maximum absolute atomic E-state index is 12.4. The second kappa shape index (κ2) is 6.05. The third-order valence-corrected chi connectivity index (χ3v) is 3.72. The van der Waals surface area contributed by atoms with Gasteiger partial charge in [-0.2, -0.15) is 5.10 Å². The number of likely N-dealkylation sites (tertiary alicyclic amines) is 1. The van der Waals surface area contributed by atoms with Gasteiger partial charge < -0.3 is 10.0 Å². The van der Waals surface area contributed by atoms with Crippen LogP contribution in [0.5, 0.6) is 0 Å². The van der Waals surface area contributed by atoms with Gasteiger partial charge >= 0.3 is 0 Å². The number of aliphatic hydroxyl groups excluding tert-OH is 1. The van der Waals surface area contributed by atoms with E-state index in [0.717, 1.165) is 12.8 Å². The van der Waals surface area contributed by atoms with Crippen LogP contribution in [-0.4, -0.2) is 49.9 Å². The third-order valence-electron chi connectivity index (χ3n) is 3.72. The van der Waals surface area contributed by atoms with Crippen LogP contribution >= 0.6 is 0 Å². The van der Waals surface area contributed by atoms with E-state index in [2.05, 4.69) is 10.1 Å². The molecule has 1 amide bonds. The van der Waals surface area contributed by atoms with Crippen molar-refractivity contribution in [2.75, 3.05) is 13.1 Å². The second-order valence-corrected chi connectivity index (χ2v) is 5.23. The minimum Gasteiger partial charge on any atom is -0.393 e. The lowest BCUT2D eigenvalue weighted by Gasteiger charge is -2.20. The van der Waals surface area contributed by atoms with Crippen molar-refractivity contribution in [1.82, 2.24) is 19.7 Å². The fourth-order valence-electron chi connectivity index (χ4n) is 2.52. The molecule has 0 unspecified atom stereocenters. The normalized spacial score (nSPS) is 19.3. The van der Waals surface area contributed by atoms with Crippen LogP contribution in [-0.2, 0) is 0 Å². The first kappa shape index (κ1) is 13.8. The average Bonchev–Trinajstić information content (AvgIpc) is 2.96. The lowest BCUT2D eigenvalue weighted by molar-refractivity contribution is 0.0752. The summed E-state index contributed by atoms with van der Waals surface area (Å²) >= 11 is 0. The molecule has 0 spiro atoms. The Morgan fingerprint density at radius 3 is 2.90 bits per heavy atom. The summed E-state index contributed by atoms with van der Waals surface area (Å²) < 4.78 is 1.65. The van der Waals surface area contributed by atoms with Gasteiger partial charge in [0.25, 0.3) is 5.91 Å². The van der Waals surface area contributed by atoms with Crippen LogP contribution in [0, 0.1) is 0 Å². The molecule has 1 fully saturated rings. The fraction of sp³-hybridized carbons (Fsp3) is 0.400. The Hall–Kier alpha value is -2.21. The molecule has 1 aliphatic heterocycles. The number of rotatable bonds is 2. The van der Waals surface area contributed by atoms with Crippen LogP contribution in [0.3, 0.4) is 0 Å². The number of amides is 1. The van der Waals surface area contributed by atoms with Gasteiger partial charge in [0.2, 0.25) is 0 Å². The number of hydrogen-bond donors (Lipinski definition) is 1. The molecule has 0 aromatic carbocycles. The number of pyridine rings is 1. The SMILES string of the molecule is O=C(c1ccc(-n2cccn2)nc1)N1CCC[C@H](O)CC1. The standard InChI is InChI=1S/C15H18N4O2/c20-13-3-1-8-18(10-6-13)15(21)12-4-5-14(16-11-12)19-9-2-7-17-19/h2,4-5,7,9,11,13,20H,1,3,6,8,10H2/t13-/m0/s1. The molecule has 1 N–H and O–H groups in total. The van der Waals surface area contributed by atoms with Crippen LogP contribution < -0.4 is 0 Å². The van der Waals surface area contributed by atoms with E-state index in [1.54, 1.807) is 40.3 Å². The number of hydrogen-bond acceptors (Lipinski definition) is 4. The molecule has 1 saturated heterocycles. The summed E-state index contributed by atoms with van der Waals surface area (Å²) in [7, 11) is 0. The number of aromatic nitrogens is 3. The van der Waals surface area contributed by atoms with E-state index in [1.807, 2.05) is 6.07 Å². The molecule has 1 atom stereocenters. The van der Waals surface area contributed by atoms with Gasteiger partial charge in [0.05, 0.1) is 11.7 Å². The first-order valence-electron chi connectivity index (χ1n) is 7.17. The number of carbonyl (C=O) groups excluding carboxylic acids is 1. The zero-order chi connectivity index (χ0) is 14.7. The molecule has 3 rings (SSSR count). The topological polar surface area (TPSA) is 71.2 Å². The Labute approximate surface area is 123 Å². The van der Waals surface area contributed by atoms with Gasteiger partial charge in [-0.15, -0.1) is 0 Å². The van der Waals surface area contributed by atoms with Crippen molar-refractivity contribution in [3.8, 4) is 5.82 Å². The zero-order valence-electron chi connectivity index (χ0n) is 11.7. The maximum Gasteiger partial charge on any atom is 0.255 e. The average molecular weight is 286 g/mol. The van der Waals surface area contributed by atoms with E-state index in [0.29, 0.717) is 30.9 Å². The van der Waals surface area contributed by atoms with Crippen molar-refractivity contribution in [2.45, 2.75) is 25.4 Å². The molecule has 2 aromatic heterocycles. The smallest absolute Gasteiger partial charge is 0.255 e. The van der Waals surface area contributed by atoms with Gasteiger partial charge in [0, 0.05) is 31.7 Å². The fourth-order valence-corrected chi connectivity index (χ4v) is 2.52. The van der Waals surface area contributed by atoms with Crippen molar-refractivity contribution in [3.63, 3.8) is 0 Å². The Bertz CT molecular complexity index is 595. The molecule has 21 heavy (non-hydrogen) atoms. The first-order valence-corrected chi connectivity index (χ1v) is 7.17. The van der Waals surface area contributed by atoms with E-state index in [1.165, 1.54) is 0 Å². The molecule has 110 valence electrons. The predicted octanol–water partition coefficient (Wildman–Crippen LogP) is 1.25.